The third kappa shape index (κ3) is 3.67. The topological polar surface area (TPSA) is 57.6 Å². The molecule has 0 saturated carbocycles. The number of amides is 1. The Bertz CT molecular complexity index is 493. The van der Waals surface area contributed by atoms with Crippen LogP contribution in [0.5, 0.6) is 0 Å². The number of benzene rings is 1. The van der Waals surface area contributed by atoms with Crippen molar-refractivity contribution in [2.45, 2.75) is 26.3 Å². The van der Waals surface area contributed by atoms with Crippen molar-refractivity contribution >= 4 is 23.5 Å². The lowest BCUT2D eigenvalue weighted by Crippen LogP contribution is -2.39. The molecular formula is C13H15ClFNO3. The fourth-order valence-electron chi connectivity index (χ4n) is 1.84. The van der Waals surface area contributed by atoms with Gasteiger partial charge in [0.1, 0.15) is 5.82 Å². The van der Waals surface area contributed by atoms with Gasteiger partial charge in [0.25, 0.3) is 5.91 Å². The SMILES string of the molecule is CCN(C(=O)c1cccc(F)c1Cl)C(C)CC(=O)O. The molecule has 0 heterocycles. The molecule has 0 aliphatic heterocycles. The molecule has 104 valence electrons. The van der Waals surface area contributed by atoms with Crippen LogP contribution in [0.1, 0.15) is 30.6 Å². The molecule has 0 radical (unpaired) electrons. The number of carboxylic acid groups (broad SMARTS) is 1. The Morgan fingerprint density at radius 3 is 2.63 bits per heavy atom. The van der Waals surface area contributed by atoms with E-state index in [1.165, 1.54) is 17.0 Å². The summed E-state index contributed by atoms with van der Waals surface area (Å²) in [5, 5.41) is 8.51. The first-order valence-electron chi connectivity index (χ1n) is 5.85. The van der Waals surface area contributed by atoms with Crippen molar-refractivity contribution < 1.29 is 19.1 Å². The number of rotatable bonds is 5. The van der Waals surface area contributed by atoms with Crippen molar-refractivity contribution in [1.29, 1.82) is 0 Å². The van der Waals surface area contributed by atoms with Gasteiger partial charge >= 0.3 is 5.97 Å². The van der Waals surface area contributed by atoms with Gasteiger partial charge in [-0.2, -0.15) is 0 Å². The van der Waals surface area contributed by atoms with E-state index in [0.29, 0.717) is 6.54 Å². The van der Waals surface area contributed by atoms with Crippen LogP contribution >= 0.6 is 11.6 Å². The van der Waals surface area contributed by atoms with E-state index < -0.39 is 23.7 Å². The normalized spacial score (nSPS) is 12.0. The van der Waals surface area contributed by atoms with Crippen molar-refractivity contribution in [1.82, 2.24) is 4.90 Å². The summed E-state index contributed by atoms with van der Waals surface area (Å²) in [7, 11) is 0. The summed E-state index contributed by atoms with van der Waals surface area (Å²) in [6.45, 7) is 3.67. The van der Waals surface area contributed by atoms with Crippen molar-refractivity contribution in [3.05, 3.63) is 34.6 Å². The number of hydrogen-bond acceptors (Lipinski definition) is 2. The number of aliphatic carboxylic acids is 1. The minimum absolute atomic E-state index is 0.0424. The van der Waals surface area contributed by atoms with Crippen LogP contribution in [0.25, 0.3) is 0 Å². The largest absolute Gasteiger partial charge is 0.481 e. The number of carboxylic acids is 1. The van der Waals surface area contributed by atoms with Gasteiger partial charge in [-0.05, 0) is 26.0 Å². The van der Waals surface area contributed by atoms with Crippen LogP contribution in [-0.2, 0) is 4.79 Å². The fraction of sp³-hybridized carbons (Fsp3) is 0.385. The molecule has 1 amide bonds. The maximum absolute atomic E-state index is 13.3. The number of carbonyl (C=O) groups is 2. The van der Waals surface area contributed by atoms with Crippen LogP contribution in [0.2, 0.25) is 5.02 Å². The summed E-state index contributed by atoms with van der Waals surface area (Å²) in [5.41, 5.74) is 0.0424. The van der Waals surface area contributed by atoms with E-state index in [0.717, 1.165) is 6.07 Å². The standard InChI is InChI=1S/C13H15ClFNO3/c1-3-16(8(2)7-11(17)18)13(19)9-5-4-6-10(15)12(9)14/h4-6,8H,3,7H2,1-2H3,(H,17,18). The second-order valence-electron chi connectivity index (χ2n) is 4.14. The van der Waals surface area contributed by atoms with Gasteiger partial charge in [-0.3, -0.25) is 9.59 Å². The van der Waals surface area contributed by atoms with Crippen molar-refractivity contribution in [2.24, 2.45) is 0 Å². The molecule has 1 aromatic carbocycles. The van der Waals surface area contributed by atoms with Gasteiger partial charge < -0.3 is 10.0 Å². The van der Waals surface area contributed by atoms with E-state index in [-0.39, 0.29) is 17.0 Å². The van der Waals surface area contributed by atoms with Gasteiger partial charge in [0.05, 0.1) is 17.0 Å². The molecule has 0 saturated heterocycles. The van der Waals surface area contributed by atoms with E-state index in [4.69, 9.17) is 16.7 Å². The second kappa shape index (κ2) is 6.52. The predicted octanol–water partition coefficient (Wildman–Crippen LogP) is 2.80. The second-order valence-corrected chi connectivity index (χ2v) is 4.52. The highest BCUT2D eigenvalue weighted by Gasteiger charge is 2.24. The lowest BCUT2D eigenvalue weighted by molar-refractivity contribution is -0.138. The van der Waals surface area contributed by atoms with Crippen LogP contribution in [0.15, 0.2) is 18.2 Å². The minimum Gasteiger partial charge on any atom is -0.481 e. The average Bonchev–Trinajstić information content (AvgIpc) is 2.32. The lowest BCUT2D eigenvalue weighted by Gasteiger charge is -2.27. The number of carbonyl (C=O) groups excluding carboxylic acids is 1. The molecule has 0 aliphatic carbocycles. The van der Waals surface area contributed by atoms with E-state index in [9.17, 15) is 14.0 Å². The molecular weight excluding hydrogens is 273 g/mol. The highest BCUT2D eigenvalue weighted by Crippen LogP contribution is 2.22. The molecule has 19 heavy (non-hydrogen) atoms. The maximum atomic E-state index is 13.3. The van der Waals surface area contributed by atoms with Crippen molar-refractivity contribution in [3.8, 4) is 0 Å². The van der Waals surface area contributed by atoms with Gasteiger partial charge in [0, 0.05) is 12.6 Å². The molecule has 0 spiro atoms. The monoisotopic (exact) mass is 287 g/mol. The fourth-order valence-corrected chi connectivity index (χ4v) is 2.05. The Morgan fingerprint density at radius 2 is 2.11 bits per heavy atom. The Balaban J connectivity index is 3.02. The zero-order chi connectivity index (χ0) is 14.6. The lowest BCUT2D eigenvalue weighted by atomic mass is 10.1. The third-order valence-corrected chi connectivity index (χ3v) is 3.17. The van der Waals surface area contributed by atoms with Crippen LogP contribution in [-0.4, -0.2) is 34.5 Å². The summed E-state index contributed by atoms with van der Waals surface area (Å²) in [5.74, 6) is -2.14. The van der Waals surface area contributed by atoms with E-state index >= 15 is 0 Å². The smallest absolute Gasteiger partial charge is 0.305 e. The molecule has 1 N–H and O–H groups in total. The van der Waals surface area contributed by atoms with Crippen LogP contribution in [0, 0.1) is 5.82 Å². The van der Waals surface area contributed by atoms with Crippen LogP contribution in [0.4, 0.5) is 4.39 Å². The summed E-state index contributed by atoms with van der Waals surface area (Å²) in [4.78, 5) is 24.3. The molecule has 1 rings (SSSR count). The predicted molar refractivity (Wildman–Crippen MR) is 69.8 cm³/mol. The van der Waals surface area contributed by atoms with Crippen molar-refractivity contribution in [2.75, 3.05) is 6.54 Å². The molecule has 6 heteroatoms. The Kier molecular flexibility index (Phi) is 5.30. The molecule has 0 aromatic heterocycles. The highest BCUT2D eigenvalue weighted by molar-refractivity contribution is 6.34. The van der Waals surface area contributed by atoms with Crippen molar-refractivity contribution in [3.63, 3.8) is 0 Å². The number of halogens is 2. The van der Waals surface area contributed by atoms with E-state index in [1.54, 1.807) is 13.8 Å². The zero-order valence-corrected chi connectivity index (χ0v) is 11.4. The van der Waals surface area contributed by atoms with Crippen LogP contribution < -0.4 is 0 Å². The molecule has 4 nitrogen and oxygen atoms in total. The zero-order valence-electron chi connectivity index (χ0n) is 10.7. The van der Waals surface area contributed by atoms with E-state index in [2.05, 4.69) is 0 Å². The van der Waals surface area contributed by atoms with Gasteiger partial charge in [-0.25, -0.2) is 4.39 Å². The molecule has 1 atom stereocenters. The van der Waals surface area contributed by atoms with Gasteiger partial charge in [0.2, 0.25) is 0 Å². The summed E-state index contributed by atoms with van der Waals surface area (Å²) < 4.78 is 13.3. The third-order valence-electron chi connectivity index (χ3n) is 2.79. The maximum Gasteiger partial charge on any atom is 0.305 e. The Hall–Kier alpha value is -1.62. The number of nitrogens with zero attached hydrogens (tertiary/aromatic N) is 1. The van der Waals surface area contributed by atoms with Gasteiger partial charge in [0.15, 0.2) is 0 Å². The first-order chi connectivity index (χ1) is 8.88. The molecule has 1 unspecified atom stereocenters. The molecule has 1 aromatic rings. The summed E-state index contributed by atoms with van der Waals surface area (Å²) in [6, 6.07) is 3.48. The Morgan fingerprint density at radius 1 is 1.47 bits per heavy atom. The first kappa shape index (κ1) is 15.4. The highest BCUT2D eigenvalue weighted by atomic mass is 35.5. The van der Waals surface area contributed by atoms with Gasteiger partial charge in [-0.1, -0.05) is 17.7 Å². The molecule has 0 aliphatic rings. The first-order valence-corrected chi connectivity index (χ1v) is 6.23. The van der Waals surface area contributed by atoms with E-state index in [1.807, 2.05) is 0 Å². The minimum atomic E-state index is -0.996. The summed E-state index contributed by atoms with van der Waals surface area (Å²) >= 11 is 5.76. The number of hydrogen-bond donors (Lipinski definition) is 1. The van der Waals surface area contributed by atoms with Gasteiger partial charge in [-0.15, -0.1) is 0 Å². The molecule has 0 fully saturated rings. The Labute approximate surface area is 115 Å². The summed E-state index contributed by atoms with van der Waals surface area (Å²) in [6.07, 6.45) is -0.174. The average molecular weight is 288 g/mol. The van der Waals surface area contributed by atoms with Crippen LogP contribution in [0.3, 0.4) is 0 Å². The quantitative estimate of drug-likeness (QED) is 0.906. The molecule has 0 bridgehead atoms.